The molecule has 0 saturated heterocycles. The second kappa shape index (κ2) is 6.42. The van der Waals surface area contributed by atoms with Crippen LogP contribution in [0.4, 0.5) is 11.4 Å². The van der Waals surface area contributed by atoms with E-state index in [2.05, 4.69) is 10.2 Å². The third kappa shape index (κ3) is 2.66. The van der Waals surface area contributed by atoms with Crippen molar-refractivity contribution in [3.8, 4) is 0 Å². The minimum atomic E-state index is -0.772. The van der Waals surface area contributed by atoms with Gasteiger partial charge >= 0.3 is 5.97 Å². The van der Waals surface area contributed by atoms with Gasteiger partial charge < -0.3 is 10.5 Å². The average molecular weight is 400 g/mol. The fourth-order valence-corrected chi connectivity index (χ4v) is 3.64. The number of nitrogens with two attached hydrogens (primary N) is 1. The molecular weight excluding hydrogens is 388 g/mol. The fraction of sp³-hybridized carbons (Fsp3) is 0.125. The van der Waals surface area contributed by atoms with Crippen molar-refractivity contribution in [2.45, 2.75) is 6.61 Å². The number of rotatable bonds is 4. The van der Waals surface area contributed by atoms with E-state index >= 15 is 0 Å². The number of nitro benzene ring substituents is 1. The lowest BCUT2D eigenvalue weighted by molar-refractivity contribution is -0.383. The quantitative estimate of drug-likeness (QED) is 0.234. The first-order chi connectivity index (χ1) is 13.4. The molecule has 12 heteroatoms. The van der Waals surface area contributed by atoms with Gasteiger partial charge in [0.15, 0.2) is 12.4 Å². The van der Waals surface area contributed by atoms with Crippen molar-refractivity contribution < 1.29 is 14.5 Å². The van der Waals surface area contributed by atoms with E-state index in [0.29, 0.717) is 21.8 Å². The Balaban J connectivity index is 1.67. The van der Waals surface area contributed by atoms with Gasteiger partial charge in [0.25, 0.3) is 11.2 Å². The van der Waals surface area contributed by atoms with Crippen LogP contribution >= 0.6 is 11.3 Å². The van der Waals surface area contributed by atoms with Gasteiger partial charge in [0.05, 0.1) is 16.0 Å². The van der Waals surface area contributed by atoms with E-state index in [1.165, 1.54) is 28.0 Å². The monoisotopic (exact) mass is 400 g/mol. The summed E-state index contributed by atoms with van der Waals surface area (Å²) in [7, 11) is 1.58. The van der Waals surface area contributed by atoms with E-state index in [4.69, 9.17) is 10.5 Å². The van der Waals surface area contributed by atoms with E-state index in [-0.39, 0.29) is 29.1 Å². The van der Waals surface area contributed by atoms with Crippen LogP contribution in [0.3, 0.4) is 0 Å². The topological polar surface area (TPSA) is 148 Å². The molecule has 2 N–H and O–H groups in total. The number of thiophene rings is 1. The minimum Gasteiger partial charge on any atom is -0.454 e. The van der Waals surface area contributed by atoms with Crippen molar-refractivity contribution in [3.63, 3.8) is 0 Å². The Morgan fingerprint density at radius 3 is 2.89 bits per heavy atom. The number of carbonyl (C=O) groups is 1. The SMILES string of the molecule is Cn1c(=O)c2sccc2n2c(COC(=O)c3ccc(N)c([N+](=O)[O-])c3)nnc12. The van der Waals surface area contributed by atoms with Crippen molar-refractivity contribution in [1.29, 1.82) is 0 Å². The standard InChI is InChI=1S/C16H12N6O5S/c1-20-14(23)13-10(4-5-28-13)21-12(18-19-16(20)21)7-27-15(24)8-2-3-9(17)11(6-8)22(25)26/h2-6H,7,17H2,1H3. The van der Waals surface area contributed by atoms with E-state index in [1.807, 2.05) is 0 Å². The number of aromatic nitrogens is 4. The lowest BCUT2D eigenvalue weighted by Gasteiger charge is -2.06. The van der Waals surface area contributed by atoms with Crippen LogP contribution in [0.2, 0.25) is 0 Å². The maximum Gasteiger partial charge on any atom is 0.338 e. The Morgan fingerprint density at radius 2 is 2.14 bits per heavy atom. The molecule has 1 aromatic carbocycles. The number of aryl methyl sites for hydroxylation is 1. The molecule has 0 spiro atoms. The summed E-state index contributed by atoms with van der Waals surface area (Å²) in [5.41, 5.74) is 5.51. The second-order valence-electron chi connectivity index (χ2n) is 5.86. The summed E-state index contributed by atoms with van der Waals surface area (Å²) in [5.74, 6) is -0.149. The highest BCUT2D eigenvalue weighted by atomic mass is 32.1. The van der Waals surface area contributed by atoms with Crippen molar-refractivity contribution in [2.75, 3.05) is 5.73 Å². The van der Waals surface area contributed by atoms with Crippen LogP contribution in [0.25, 0.3) is 16.0 Å². The van der Waals surface area contributed by atoms with E-state index in [9.17, 15) is 19.7 Å². The van der Waals surface area contributed by atoms with Crippen LogP contribution in [-0.2, 0) is 18.4 Å². The van der Waals surface area contributed by atoms with Gasteiger partial charge in [-0.3, -0.25) is 23.9 Å². The number of esters is 1. The summed E-state index contributed by atoms with van der Waals surface area (Å²) in [4.78, 5) is 34.9. The lowest BCUT2D eigenvalue weighted by atomic mass is 10.2. The van der Waals surface area contributed by atoms with Gasteiger partial charge in [-0.2, -0.15) is 0 Å². The Hall–Kier alpha value is -3.80. The van der Waals surface area contributed by atoms with Gasteiger partial charge in [-0.05, 0) is 23.6 Å². The average Bonchev–Trinajstić information content (AvgIpc) is 3.31. The first-order valence-electron chi connectivity index (χ1n) is 7.89. The summed E-state index contributed by atoms with van der Waals surface area (Å²) < 4.78 is 8.76. The first-order valence-corrected chi connectivity index (χ1v) is 8.77. The molecule has 4 rings (SSSR count). The van der Waals surface area contributed by atoms with Gasteiger partial charge in [-0.15, -0.1) is 21.5 Å². The van der Waals surface area contributed by atoms with Crippen molar-refractivity contribution >= 4 is 44.7 Å². The molecule has 0 aliphatic carbocycles. The highest BCUT2D eigenvalue weighted by molar-refractivity contribution is 7.17. The van der Waals surface area contributed by atoms with Gasteiger partial charge in [0.2, 0.25) is 5.78 Å². The first kappa shape index (κ1) is 17.6. The minimum absolute atomic E-state index is 0.0113. The van der Waals surface area contributed by atoms with Crippen LogP contribution in [0, 0.1) is 10.1 Å². The molecular formula is C16H12N6O5S. The molecule has 0 fully saturated rings. The smallest absolute Gasteiger partial charge is 0.338 e. The Kier molecular flexibility index (Phi) is 4.04. The number of hydrogen-bond acceptors (Lipinski definition) is 9. The van der Waals surface area contributed by atoms with Crippen molar-refractivity contribution in [1.82, 2.24) is 19.2 Å². The number of nitro groups is 1. The lowest BCUT2D eigenvalue weighted by Crippen LogP contribution is -2.19. The maximum absolute atomic E-state index is 12.3. The van der Waals surface area contributed by atoms with Gasteiger partial charge in [0, 0.05) is 13.1 Å². The largest absolute Gasteiger partial charge is 0.454 e. The highest BCUT2D eigenvalue weighted by Gasteiger charge is 2.19. The Morgan fingerprint density at radius 1 is 1.36 bits per heavy atom. The summed E-state index contributed by atoms with van der Waals surface area (Å²) in [5, 5.41) is 20.7. The molecule has 0 aliphatic rings. The zero-order chi connectivity index (χ0) is 20.0. The molecule has 142 valence electrons. The zero-order valence-electron chi connectivity index (χ0n) is 14.4. The molecule has 0 bridgehead atoms. The molecule has 0 amide bonds. The molecule has 0 aliphatic heterocycles. The third-order valence-corrected chi connectivity index (χ3v) is 5.08. The van der Waals surface area contributed by atoms with Crippen LogP contribution < -0.4 is 11.3 Å². The van der Waals surface area contributed by atoms with Crippen LogP contribution in [-0.4, -0.2) is 30.1 Å². The number of anilines is 1. The summed E-state index contributed by atoms with van der Waals surface area (Å²) >= 11 is 1.29. The summed E-state index contributed by atoms with van der Waals surface area (Å²) in [6.45, 7) is -0.235. The predicted octanol–water partition coefficient (Wildman–Crippen LogP) is 1.49. The molecule has 0 radical (unpaired) electrons. The number of hydrogen-bond donors (Lipinski definition) is 1. The van der Waals surface area contributed by atoms with Crippen molar-refractivity contribution in [3.05, 3.63) is 61.5 Å². The predicted molar refractivity (Wildman–Crippen MR) is 100 cm³/mol. The highest BCUT2D eigenvalue weighted by Crippen LogP contribution is 2.23. The molecule has 0 saturated carbocycles. The van der Waals surface area contributed by atoms with Crippen molar-refractivity contribution in [2.24, 2.45) is 7.05 Å². The normalized spacial score (nSPS) is 11.2. The summed E-state index contributed by atoms with van der Waals surface area (Å²) in [6, 6.07) is 5.42. The van der Waals surface area contributed by atoms with E-state index < -0.39 is 10.9 Å². The summed E-state index contributed by atoms with van der Waals surface area (Å²) in [6.07, 6.45) is 0. The molecule has 0 atom stereocenters. The Bertz CT molecular complexity index is 1320. The van der Waals surface area contributed by atoms with Crippen LogP contribution in [0.5, 0.6) is 0 Å². The number of nitrogens with zero attached hydrogens (tertiary/aromatic N) is 5. The molecule has 0 unspecified atom stereocenters. The molecule has 4 aromatic rings. The maximum atomic E-state index is 12.3. The number of carbonyl (C=O) groups excluding carboxylic acids is 1. The van der Waals surface area contributed by atoms with Gasteiger partial charge in [0.1, 0.15) is 10.4 Å². The second-order valence-corrected chi connectivity index (χ2v) is 6.77. The number of benzene rings is 1. The number of nitrogen functional groups attached to an aromatic ring is 1. The Labute approximate surface area is 159 Å². The molecule has 3 aromatic heterocycles. The molecule has 11 nitrogen and oxygen atoms in total. The van der Waals surface area contributed by atoms with Crippen LogP contribution in [0.1, 0.15) is 16.2 Å². The van der Waals surface area contributed by atoms with Crippen LogP contribution in [0.15, 0.2) is 34.4 Å². The molecule has 3 heterocycles. The fourth-order valence-electron chi connectivity index (χ4n) is 2.79. The molecule has 28 heavy (non-hydrogen) atoms. The van der Waals surface area contributed by atoms with Gasteiger partial charge in [-0.1, -0.05) is 0 Å². The zero-order valence-corrected chi connectivity index (χ0v) is 15.2. The third-order valence-electron chi connectivity index (χ3n) is 4.19. The van der Waals surface area contributed by atoms with E-state index in [0.717, 1.165) is 6.07 Å². The van der Waals surface area contributed by atoms with Gasteiger partial charge in [-0.25, -0.2) is 4.79 Å². The number of fused-ring (bicyclic) bond motifs is 3. The van der Waals surface area contributed by atoms with E-state index in [1.54, 1.807) is 22.9 Å². The number of ether oxygens (including phenoxy) is 1.